The van der Waals surface area contributed by atoms with Crippen molar-refractivity contribution in [1.29, 1.82) is 0 Å². The van der Waals surface area contributed by atoms with Crippen molar-refractivity contribution < 1.29 is 14.3 Å². The molecule has 9 heteroatoms. The van der Waals surface area contributed by atoms with Crippen LogP contribution in [0.2, 0.25) is 0 Å². The first kappa shape index (κ1) is 18.9. The quantitative estimate of drug-likeness (QED) is 0.603. The van der Waals surface area contributed by atoms with Gasteiger partial charge >= 0.3 is 6.03 Å². The van der Waals surface area contributed by atoms with Crippen LogP contribution in [-0.4, -0.2) is 40.0 Å². The first-order valence-electron chi connectivity index (χ1n) is 9.91. The number of nitrogens with one attached hydrogen (secondary N) is 2. The summed E-state index contributed by atoms with van der Waals surface area (Å²) in [5.74, 6) is 0.212. The molecule has 1 aromatic heterocycles. The lowest BCUT2D eigenvalue weighted by atomic mass is 10.0. The molecule has 0 unspecified atom stereocenters. The maximum atomic E-state index is 12.6. The lowest BCUT2D eigenvalue weighted by Gasteiger charge is -2.30. The fraction of sp³-hybridized carbons (Fsp3) is 0.182. The van der Waals surface area contributed by atoms with Gasteiger partial charge in [-0.2, -0.15) is 4.98 Å². The van der Waals surface area contributed by atoms with Crippen molar-refractivity contribution in [3.8, 4) is 17.3 Å². The molecule has 4 N–H and O–H groups in total. The van der Waals surface area contributed by atoms with E-state index in [1.807, 2.05) is 48.5 Å². The fourth-order valence-corrected chi connectivity index (χ4v) is 3.76. The number of amides is 3. The number of urea groups is 1. The number of hydrogen-bond donors (Lipinski definition) is 3. The van der Waals surface area contributed by atoms with E-state index >= 15 is 0 Å². The number of anilines is 2. The van der Waals surface area contributed by atoms with Crippen LogP contribution < -0.4 is 21.1 Å². The molecular weight excluding hydrogens is 396 g/mol. The van der Waals surface area contributed by atoms with E-state index in [2.05, 4.69) is 20.6 Å². The van der Waals surface area contributed by atoms with Gasteiger partial charge in [0.1, 0.15) is 18.0 Å². The SMILES string of the molecule is Nc1nc(-c2ccccc2CN2Cc3ccccc3NC2=O)nc2c1C(=O)NCCO2. The van der Waals surface area contributed by atoms with Crippen LogP contribution in [0.25, 0.3) is 11.4 Å². The third-order valence-electron chi connectivity index (χ3n) is 5.28. The van der Waals surface area contributed by atoms with Gasteiger partial charge in [0.2, 0.25) is 5.88 Å². The van der Waals surface area contributed by atoms with E-state index in [0.717, 1.165) is 22.4 Å². The molecule has 2 aliphatic heterocycles. The summed E-state index contributed by atoms with van der Waals surface area (Å²) in [7, 11) is 0. The number of para-hydroxylation sites is 1. The molecule has 2 aromatic carbocycles. The topological polar surface area (TPSA) is 122 Å². The second-order valence-electron chi connectivity index (χ2n) is 7.32. The zero-order valence-corrected chi connectivity index (χ0v) is 16.6. The molecule has 31 heavy (non-hydrogen) atoms. The molecule has 3 aromatic rings. The average molecular weight is 416 g/mol. The molecule has 0 saturated carbocycles. The first-order chi connectivity index (χ1) is 15.1. The number of hydrogen-bond acceptors (Lipinski definition) is 6. The number of fused-ring (bicyclic) bond motifs is 2. The molecular formula is C22H20N6O3. The monoisotopic (exact) mass is 416 g/mol. The van der Waals surface area contributed by atoms with Gasteiger partial charge in [-0.15, -0.1) is 0 Å². The van der Waals surface area contributed by atoms with Crippen LogP contribution in [0.1, 0.15) is 21.5 Å². The lowest BCUT2D eigenvalue weighted by molar-refractivity contribution is 0.0957. The van der Waals surface area contributed by atoms with Crippen LogP contribution in [0.3, 0.4) is 0 Å². The summed E-state index contributed by atoms with van der Waals surface area (Å²) >= 11 is 0. The van der Waals surface area contributed by atoms with E-state index in [-0.39, 0.29) is 29.2 Å². The molecule has 0 saturated heterocycles. The van der Waals surface area contributed by atoms with Crippen LogP contribution in [0.15, 0.2) is 48.5 Å². The Morgan fingerprint density at radius 2 is 1.87 bits per heavy atom. The highest BCUT2D eigenvalue weighted by Gasteiger charge is 2.26. The molecule has 2 aliphatic rings. The highest BCUT2D eigenvalue weighted by molar-refractivity contribution is 6.01. The van der Waals surface area contributed by atoms with E-state index in [4.69, 9.17) is 10.5 Å². The summed E-state index contributed by atoms with van der Waals surface area (Å²) in [5.41, 5.74) is 9.68. The average Bonchev–Trinajstić information content (AvgIpc) is 2.96. The van der Waals surface area contributed by atoms with Gasteiger partial charge in [-0.05, 0) is 17.2 Å². The number of carbonyl (C=O) groups is 2. The normalized spacial score (nSPS) is 15.2. The smallest absolute Gasteiger partial charge is 0.322 e. The number of rotatable bonds is 3. The van der Waals surface area contributed by atoms with Gasteiger partial charge in [-0.3, -0.25) is 4.79 Å². The van der Waals surface area contributed by atoms with Gasteiger partial charge in [0.05, 0.1) is 6.54 Å². The van der Waals surface area contributed by atoms with Gasteiger partial charge in [0.15, 0.2) is 5.82 Å². The Kier molecular flexibility index (Phi) is 4.62. The minimum absolute atomic E-state index is 0.0545. The van der Waals surface area contributed by atoms with E-state index in [9.17, 15) is 9.59 Å². The summed E-state index contributed by atoms with van der Waals surface area (Å²) < 4.78 is 5.62. The highest BCUT2D eigenvalue weighted by atomic mass is 16.5. The highest BCUT2D eigenvalue weighted by Crippen LogP contribution is 2.30. The number of ether oxygens (including phenoxy) is 1. The molecule has 3 amide bonds. The Labute approximate surface area is 178 Å². The third kappa shape index (κ3) is 3.50. The molecule has 3 heterocycles. The maximum Gasteiger partial charge on any atom is 0.322 e. The van der Waals surface area contributed by atoms with E-state index in [1.165, 1.54) is 0 Å². The Bertz CT molecular complexity index is 1200. The third-order valence-corrected chi connectivity index (χ3v) is 5.28. The second-order valence-corrected chi connectivity index (χ2v) is 7.32. The van der Waals surface area contributed by atoms with Gasteiger partial charge in [-0.1, -0.05) is 42.5 Å². The summed E-state index contributed by atoms with van der Waals surface area (Å²) in [5, 5.41) is 5.63. The van der Waals surface area contributed by atoms with Crippen molar-refractivity contribution in [2.45, 2.75) is 13.1 Å². The molecule has 5 rings (SSSR count). The first-order valence-corrected chi connectivity index (χ1v) is 9.91. The summed E-state index contributed by atoms with van der Waals surface area (Å²) in [6.07, 6.45) is 0. The Balaban J connectivity index is 1.50. The molecule has 0 spiro atoms. The van der Waals surface area contributed by atoms with Crippen molar-refractivity contribution in [1.82, 2.24) is 20.2 Å². The number of nitrogen functional groups attached to an aromatic ring is 1. The minimum atomic E-state index is -0.353. The maximum absolute atomic E-state index is 12.6. The van der Waals surface area contributed by atoms with Gasteiger partial charge < -0.3 is 26.0 Å². The number of aromatic nitrogens is 2. The summed E-state index contributed by atoms with van der Waals surface area (Å²) in [6.45, 7) is 1.51. The molecule has 9 nitrogen and oxygen atoms in total. The van der Waals surface area contributed by atoms with Crippen molar-refractivity contribution >= 4 is 23.4 Å². The zero-order chi connectivity index (χ0) is 21.4. The minimum Gasteiger partial charge on any atom is -0.475 e. The summed E-state index contributed by atoms with van der Waals surface area (Å²) in [6, 6.07) is 15.1. The van der Waals surface area contributed by atoms with Crippen LogP contribution in [0.4, 0.5) is 16.3 Å². The molecule has 156 valence electrons. The standard InChI is InChI=1S/C22H20N6O3/c23-18-17-20(29)24-9-10-31-21(17)27-19(26-18)15-7-3-1-5-13(15)11-28-12-14-6-2-4-8-16(14)25-22(28)30/h1-8H,9-12H2,(H,24,29)(H,25,30)(H2,23,26,27). The van der Waals surface area contributed by atoms with Crippen molar-refractivity contribution in [3.63, 3.8) is 0 Å². The van der Waals surface area contributed by atoms with Crippen molar-refractivity contribution in [3.05, 3.63) is 65.2 Å². The number of nitrogens with zero attached hydrogens (tertiary/aromatic N) is 3. The summed E-state index contributed by atoms with van der Waals surface area (Å²) in [4.78, 5) is 35.4. The van der Waals surface area contributed by atoms with Crippen LogP contribution in [0, 0.1) is 0 Å². The molecule has 0 atom stereocenters. The molecule has 0 aliphatic carbocycles. The van der Waals surface area contributed by atoms with Crippen molar-refractivity contribution in [2.24, 2.45) is 0 Å². The number of nitrogens with two attached hydrogens (primary N) is 1. The Morgan fingerprint density at radius 1 is 1.06 bits per heavy atom. The Hall–Kier alpha value is -4.14. The van der Waals surface area contributed by atoms with Gasteiger partial charge in [0.25, 0.3) is 5.91 Å². The predicted octanol–water partition coefficient (Wildman–Crippen LogP) is 2.40. The number of carbonyl (C=O) groups excluding carboxylic acids is 2. The molecule has 0 radical (unpaired) electrons. The molecule has 0 bridgehead atoms. The lowest BCUT2D eigenvalue weighted by Crippen LogP contribution is -2.38. The van der Waals surface area contributed by atoms with E-state index in [0.29, 0.717) is 32.1 Å². The van der Waals surface area contributed by atoms with Gasteiger partial charge in [-0.25, -0.2) is 9.78 Å². The van der Waals surface area contributed by atoms with Crippen molar-refractivity contribution in [2.75, 3.05) is 24.2 Å². The van der Waals surface area contributed by atoms with E-state index < -0.39 is 0 Å². The number of benzene rings is 2. The van der Waals surface area contributed by atoms with Crippen LogP contribution in [0.5, 0.6) is 5.88 Å². The van der Waals surface area contributed by atoms with Crippen LogP contribution in [-0.2, 0) is 13.1 Å². The second kappa shape index (κ2) is 7.60. The van der Waals surface area contributed by atoms with E-state index in [1.54, 1.807) is 4.90 Å². The fourth-order valence-electron chi connectivity index (χ4n) is 3.76. The largest absolute Gasteiger partial charge is 0.475 e. The Morgan fingerprint density at radius 3 is 2.77 bits per heavy atom. The molecule has 0 fully saturated rings. The van der Waals surface area contributed by atoms with Crippen LogP contribution >= 0.6 is 0 Å². The predicted molar refractivity (Wildman–Crippen MR) is 114 cm³/mol. The van der Waals surface area contributed by atoms with Gasteiger partial charge in [0, 0.05) is 24.3 Å². The zero-order valence-electron chi connectivity index (χ0n) is 16.6.